The van der Waals surface area contributed by atoms with Crippen LogP contribution < -0.4 is 0 Å². The van der Waals surface area contributed by atoms with Crippen molar-refractivity contribution in [2.45, 2.75) is 26.7 Å². The zero-order valence-electron chi connectivity index (χ0n) is 6.47. The topological polar surface area (TPSA) is 18.5 Å². The number of hydrogen-bond donors (Lipinski definition) is 0. The van der Waals surface area contributed by atoms with E-state index in [1.54, 1.807) is 0 Å². The summed E-state index contributed by atoms with van der Waals surface area (Å²) in [4.78, 5) is 0. The molecular weight excluding hydrogens is 170 g/mol. The molecule has 0 aromatic carbocycles. The van der Waals surface area contributed by atoms with Crippen molar-refractivity contribution in [3.05, 3.63) is 0 Å². The van der Waals surface area contributed by atoms with E-state index in [2.05, 4.69) is 0 Å². The Labute approximate surface area is 68.6 Å². The van der Waals surface area contributed by atoms with Crippen LogP contribution in [0.15, 0.2) is 0 Å². The molecule has 4 heteroatoms. The fourth-order valence-electron chi connectivity index (χ4n) is 0.363. The summed E-state index contributed by atoms with van der Waals surface area (Å²) in [5.74, 6) is 0. The second-order valence-corrected chi connectivity index (χ2v) is 3.65. The molecule has 0 unspecified atom stereocenters. The van der Waals surface area contributed by atoms with E-state index < -0.39 is 7.73 Å². The second-order valence-electron chi connectivity index (χ2n) is 1.88. The van der Waals surface area contributed by atoms with Gasteiger partial charge in [0.2, 0.25) is 0 Å². The summed E-state index contributed by atoms with van der Waals surface area (Å²) in [6, 6.07) is 0. The van der Waals surface area contributed by atoms with E-state index in [0.29, 0.717) is 13.2 Å². The number of hydrogen-bond acceptors (Lipinski definition) is 2. The predicted molar refractivity (Wildman–Crippen MR) is 45.3 cm³/mol. The summed E-state index contributed by atoms with van der Waals surface area (Å²) in [6.45, 7) is 5.47. The fourth-order valence-corrected chi connectivity index (χ4v) is 1.50. The molecule has 0 heterocycles. The van der Waals surface area contributed by atoms with Crippen molar-refractivity contribution < 1.29 is 9.05 Å². The SMILES string of the molecule is CCCOP(Cl)OCCC. The largest absolute Gasteiger partial charge is 0.322 e. The zero-order chi connectivity index (χ0) is 7.82. The molecule has 2 nitrogen and oxygen atoms in total. The Morgan fingerprint density at radius 3 is 1.80 bits per heavy atom. The van der Waals surface area contributed by atoms with E-state index in [-0.39, 0.29) is 0 Å². The summed E-state index contributed by atoms with van der Waals surface area (Å²) in [5, 5.41) is 0. The molecule has 0 spiro atoms. The van der Waals surface area contributed by atoms with Crippen LogP contribution in [0.1, 0.15) is 26.7 Å². The Bertz CT molecular complexity index is 64.8. The molecule has 0 aliphatic carbocycles. The van der Waals surface area contributed by atoms with E-state index in [9.17, 15) is 0 Å². The maximum Gasteiger partial charge on any atom is 0.276 e. The van der Waals surface area contributed by atoms with E-state index in [0.717, 1.165) is 12.8 Å². The van der Waals surface area contributed by atoms with E-state index >= 15 is 0 Å². The summed E-state index contributed by atoms with van der Waals surface area (Å²) in [5.41, 5.74) is 0. The minimum absolute atomic E-state index is 0.693. The summed E-state index contributed by atoms with van der Waals surface area (Å²) in [7, 11) is -1.12. The number of rotatable bonds is 6. The van der Waals surface area contributed by atoms with Crippen LogP contribution in [0.5, 0.6) is 0 Å². The third-order valence-corrected chi connectivity index (χ3v) is 2.15. The molecule has 0 saturated carbocycles. The van der Waals surface area contributed by atoms with Crippen molar-refractivity contribution in [3.8, 4) is 0 Å². The Hall–Kier alpha value is 0.640. The Morgan fingerprint density at radius 2 is 1.50 bits per heavy atom. The summed E-state index contributed by atoms with van der Waals surface area (Å²) >= 11 is 5.66. The van der Waals surface area contributed by atoms with Gasteiger partial charge in [0.15, 0.2) is 0 Å². The highest BCUT2D eigenvalue weighted by Gasteiger charge is 2.03. The van der Waals surface area contributed by atoms with Gasteiger partial charge < -0.3 is 9.05 Å². The van der Waals surface area contributed by atoms with Gasteiger partial charge >= 0.3 is 0 Å². The standard InChI is InChI=1S/C6H14ClO2P/c1-3-5-8-10(7)9-6-4-2/h3-6H2,1-2H3. The lowest BCUT2D eigenvalue weighted by Gasteiger charge is -2.07. The first-order valence-electron chi connectivity index (χ1n) is 3.53. The van der Waals surface area contributed by atoms with Gasteiger partial charge in [0.25, 0.3) is 7.73 Å². The van der Waals surface area contributed by atoms with Gasteiger partial charge in [0.1, 0.15) is 0 Å². The van der Waals surface area contributed by atoms with Gasteiger partial charge in [-0.1, -0.05) is 13.8 Å². The van der Waals surface area contributed by atoms with Gasteiger partial charge in [-0.05, 0) is 24.1 Å². The highest BCUT2D eigenvalue weighted by Crippen LogP contribution is 2.43. The van der Waals surface area contributed by atoms with E-state index in [4.69, 9.17) is 20.3 Å². The van der Waals surface area contributed by atoms with Crippen molar-refractivity contribution >= 4 is 19.0 Å². The molecule has 0 atom stereocenters. The monoisotopic (exact) mass is 184 g/mol. The summed E-state index contributed by atoms with van der Waals surface area (Å²) in [6.07, 6.45) is 1.97. The van der Waals surface area contributed by atoms with Gasteiger partial charge in [-0.3, -0.25) is 0 Å². The lowest BCUT2D eigenvalue weighted by Crippen LogP contribution is -1.88. The Kier molecular flexibility index (Phi) is 8.24. The average molecular weight is 185 g/mol. The smallest absolute Gasteiger partial charge is 0.276 e. The normalized spacial score (nSPS) is 10.8. The molecule has 0 fully saturated rings. The molecule has 0 radical (unpaired) electrons. The van der Waals surface area contributed by atoms with Crippen LogP contribution >= 0.6 is 19.0 Å². The lowest BCUT2D eigenvalue weighted by molar-refractivity contribution is 0.261. The summed E-state index contributed by atoms with van der Waals surface area (Å²) < 4.78 is 10.2. The molecule has 0 aromatic heterocycles. The highest BCUT2D eigenvalue weighted by molar-refractivity contribution is 7.76. The molecule has 0 N–H and O–H groups in total. The third-order valence-electron chi connectivity index (χ3n) is 0.794. The first kappa shape index (κ1) is 10.6. The molecule has 62 valence electrons. The molecular formula is C6H14ClO2P. The Morgan fingerprint density at radius 1 is 1.10 bits per heavy atom. The Balaban J connectivity index is 3.00. The minimum Gasteiger partial charge on any atom is -0.322 e. The van der Waals surface area contributed by atoms with Gasteiger partial charge in [-0.25, -0.2) is 0 Å². The van der Waals surface area contributed by atoms with E-state index in [1.807, 2.05) is 13.8 Å². The molecule has 0 saturated heterocycles. The van der Waals surface area contributed by atoms with Crippen LogP contribution in [0.3, 0.4) is 0 Å². The molecule has 0 aliphatic rings. The molecule has 0 rings (SSSR count). The second kappa shape index (κ2) is 7.74. The maximum atomic E-state index is 5.66. The van der Waals surface area contributed by atoms with Crippen LogP contribution in [0, 0.1) is 0 Å². The van der Waals surface area contributed by atoms with Gasteiger partial charge in [-0.2, -0.15) is 0 Å². The van der Waals surface area contributed by atoms with Crippen molar-refractivity contribution in [1.29, 1.82) is 0 Å². The van der Waals surface area contributed by atoms with Gasteiger partial charge in [0, 0.05) is 0 Å². The van der Waals surface area contributed by atoms with Crippen molar-refractivity contribution in [2.24, 2.45) is 0 Å². The molecule has 0 bridgehead atoms. The lowest BCUT2D eigenvalue weighted by atomic mass is 10.5. The molecule has 0 amide bonds. The molecule has 0 aromatic rings. The third kappa shape index (κ3) is 6.76. The zero-order valence-corrected chi connectivity index (χ0v) is 8.12. The first-order valence-corrected chi connectivity index (χ1v) is 5.61. The van der Waals surface area contributed by atoms with E-state index in [1.165, 1.54) is 0 Å². The molecule has 0 aliphatic heterocycles. The van der Waals surface area contributed by atoms with Crippen LogP contribution in [-0.4, -0.2) is 13.2 Å². The number of halogens is 1. The predicted octanol–water partition coefficient (Wildman–Crippen LogP) is 3.31. The van der Waals surface area contributed by atoms with Crippen molar-refractivity contribution in [1.82, 2.24) is 0 Å². The minimum atomic E-state index is -1.12. The van der Waals surface area contributed by atoms with Crippen LogP contribution in [-0.2, 0) is 9.05 Å². The van der Waals surface area contributed by atoms with Crippen LogP contribution in [0.2, 0.25) is 0 Å². The van der Waals surface area contributed by atoms with Gasteiger partial charge in [0.05, 0.1) is 13.2 Å². The fraction of sp³-hybridized carbons (Fsp3) is 1.00. The van der Waals surface area contributed by atoms with Gasteiger partial charge in [-0.15, -0.1) is 0 Å². The maximum absolute atomic E-state index is 5.66. The van der Waals surface area contributed by atoms with Crippen molar-refractivity contribution in [3.63, 3.8) is 0 Å². The average Bonchev–Trinajstić information content (AvgIpc) is 1.97. The van der Waals surface area contributed by atoms with Crippen LogP contribution in [0.4, 0.5) is 0 Å². The van der Waals surface area contributed by atoms with Crippen molar-refractivity contribution in [2.75, 3.05) is 13.2 Å². The quantitative estimate of drug-likeness (QED) is 0.590. The molecule has 10 heavy (non-hydrogen) atoms. The van der Waals surface area contributed by atoms with Crippen LogP contribution in [0.25, 0.3) is 0 Å². The first-order chi connectivity index (χ1) is 4.81. The highest BCUT2D eigenvalue weighted by atomic mass is 35.7.